The van der Waals surface area contributed by atoms with Crippen molar-refractivity contribution in [3.05, 3.63) is 24.8 Å². The summed E-state index contributed by atoms with van der Waals surface area (Å²) in [6, 6.07) is 0. The maximum absolute atomic E-state index is 12.1. The van der Waals surface area contributed by atoms with Crippen LogP contribution >= 0.6 is 0 Å². The van der Waals surface area contributed by atoms with Crippen LogP contribution in [-0.2, 0) is 0 Å². The van der Waals surface area contributed by atoms with Crippen LogP contribution < -0.4 is 0 Å². The predicted octanol–water partition coefficient (Wildman–Crippen LogP) is 2.43. The van der Waals surface area contributed by atoms with Gasteiger partial charge in [-0.05, 0) is 12.8 Å². The van der Waals surface area contributed by atoms with Gasteiger partial charge in [0.2, 0.25) is 0 Å². The van der Waals surface area contributed by atoms with Crippen molar-refractivity contribution in [2.75, 3.05) is 0 Å². The van der Waals surface area contributed by atoms with Crippen LogP contribution in [0.5, 0.6) is 0 Å². The quantitative estimate of drug-likeness (QED) is 0.632. The Kier molecular flexibility index (Phi) is 2.52. The second-order valence-corrected chi connectivity index (χ2v) is 3.24. The van der Waals surface area contributed by atoms with Gasteiger partial charge in [-0.3, -0.25) is 0 Å². The molecule has 0 bridgehead atoms. The second kappa shape index (κ2) is 3.18. The van der Waals surface area contributed by atoms with Crippen molar-refractivity contribution < 1.29 is 18.3 Å². The van der Waals surface area contributed by atoms with Crippen molar-refractivity contribution in [3.63, 3.8) is 0 Å². The lowest BCUT2D eigenvalue weighted by atomic mass is 9.85. The van der Waals surface area contributed by atoms with Gasteiger partial charge in [0.05, 0.1) is 5.92 Å². The molecule has 4 heteroatoms. The highest BCUT2D eigenvalue weighted by Crippen LogP contribution is 2.36. The van der Waals surface area contributed by atoms with Crippen molar-refractivity contribution in [1.82, 2.24) is 0 Å². The number of aliphatic hydroxyl groups is 1. The third kappa shape index (κ3) is 2.34. The van der Waals surface area contributed by atoms with Gasteiger partial charge in [-0.2, -0.15) is 13.2 Å². The number of allylic oxidation sites excluding steroid dienone is 1. The van der Waals surface area contributed by atoms with E-state index in [2.05, 4.69) is 6.58 Å². The number of rotatable bonds is 1. The van der Waals surface area contributed by atoms with Gasteiger partial charge in [0, 0.05) is 0 Å². The first kappa shape index (κ1) is 10.3. The summed E-state index contributed by atoms with van der Waals surface area (Å²) in [6.45, 7) is 3.36. The van der Waals surface area contributed by atoms with Crippen LogP contribution in [-0.4, -0.2) is 16.9 Å². The molecule has 0 radical (unpaired) electrons. The summed E-state index contributed by atoms with van der Waals surface area (Å²) in [7, 11) is 0. The van der Waals surface area contributed by atoms with E-state index in [0.29, 0.717) is 0 Å². The van der Waals surface area contributed by atoms with Gasteiger partial charge in [-0.25, -0.2) is 0 Å². The van der Waals surface area contributed by atoms with Crippen LogP contribution in [0.25, 0.3) is 0 Å². The smallest absolute Gasteiger partial charge is 0.382 e. The first-order chi connectivity index (χ1) is 5.87. The van der Waals surface area contributed by atoms with Gasteiger partial charge in [0.1, 0.15) is 5.60 Å². The van der Waals surface area contributed by atoms with Gasteiger partial charge >= 0.3 is 6.18 Å². The Hall–Kier alpha value is -0.770. The molecule has 2 unspecified atom stereocenters. The summed E-state index contributed by atoms with van der Waals surface area (Å²) in [5, 5.41) is 9.49. The topological polar surface area (TPSA) is 20.2 Å². The standard InChI is InChI=1S/C9H11F3O/c1-2-8(13)5-3-7(4-6-8)9(10,11)12/h2-3,5,7,13H,1,4,6H2. The Labute approximate surface area is 74.6 Å². The van der Waals surface area contributed by atoms with Gasteiger partial charge in [0.15, 0.2) is 0 Å². The van der Waals surface area contributed by atoms with E-state index in [0.717, 1.165) is 6.08 Å². The zero-order chi connectivity index (χ0) is 10.1. The molecule has 0 fully saturated rings. The number of hydrogen-bond donors (Lipinski definition) is 1. The number of hydrogen-bond acceptors (Lipinski definition) is 1. The zero-order valence-electron chi connectivity index (χ0n) is 7.01. The Morgan fingerprint density at radius 2 is 2.15 bits per heavy atom. The van der Waals surface area contributed by atoms with E-state index in [9.17, 15) is 18.3 Å². The minimum absolute atomic E-state index is 0.0805. The summed E-state index contributed by atoms with van der Waals surface area (Å²) in [4.78, 5) is 0. The highest BCUT2D eigenvalue weighted by Gasteiger charge is 2.41. The molecule has 0 aromatic carbocycles. The van der Waals surface area contributed by atoms with Crippen LogP contribution in [0.2, 0.25) is 0 Å². The van der Waals surface area contributed by atoms with Crippen molar-refractivity contribution in [2.24, 2.45) is 5.92 Å². The molecule has 1 aliphatic carbocycles. The summed E-state index contributed by atoms with van der Waals surface area (Å²) >= 11 is 0. The maximum Gasteiger partial charge on any atom is 0.395 e. The Bertz CT molecular complexity index is 232. The average Bonchev–Trinajstić information content (AvgIpc) is 2.04. The van der Waals surface area contributed by atoms with Crippen LogP contribution in [0.4, 0.5) is 13.2 Å². The largest absolute Gasteiger partial charge is 0.395 e. The Morgan fingerprint density at radius 1 is 1.54 bits per heavy atom. The summed E-state index contributed by atoms with van der Waals surface area (Å²) < 4.78 is 36.4. The molecule has 0 spiro atoms. The maximum atomic E-state index is 12.1. The highest BCUT2D eigenvalue weighted by atomic mass is 19.4. The molecule has 13 heavy (non-hydrogen) atoms. The Balaban J connectivity index is 2.73. The molecular formula is C9H11F3O. The first-order valence-electron chi connectivity index (χ1n) is 3.99. The van der Waals surface area contributed by atoms with Crippen molar-refractivity contribution in [1.29, 1.82) is 0 Å². The van der Waals surface area contributed by atoms with E-state index < -0.39 is 17.7 Å². The molecule has 2 atom stereocenters. The molecule has 1 nitrogen and oxygen atoms in total. The first-order valence-corrected chi connectivity index (χ1v) is 3.99. The van der Waals surface area contributed by atoms with Crippen molar-refractivity contribution >= 4 is 0 Å². The fourth-order valence-electron chi connectivity index (χ4n) is 1.29. The van der Waals surface area contributed by atoms with Crippen LogP contribution in [0, 0.1) is 5.92 Å². The lowest BCUT2D eigenvalue weighted by Gasteiger charge is -2.28. The fraction of sp³-hybridized carbons (Fsp3) is 0.556. The molecule has 1 N–H and O–H groups in total. The normalized spacial score (nSPS) is 34.6. The summed E-state index contributed by atoms with van der Waals surface area (Å²) in [5.74, 6) is -1.42. The fourth-order valence-corrected chi connectivity index (χ4v) is 1.29. The van der Waals surface area contributed by atoms with E-state index >= 15 is 0 Å². The van der Waals surface area contributed by atoms with Gasteiger partial charge in [-0.15, -0.1) is 0 Å². The van der Waals surface area contributed by atoms with E-state index in [1.807, 2.05) is 0 Å². The molecule has 1 rings (SSSR count). The van der Waals surface area contributed by atoms with E-state index in [1.54, 1.807) is 0 Å². The third-order valence-electron chi connectivity index (χ3n) is 2.25. The van der Waals surface area contributed by atoms with Crippen molar-refractivity contribution in [3.8, 4) is 0 Å². The SMILES string of the molecule is C=CC1(O)C=CC(C(F)(F)F)CC1. The summed E-state index contributed by atoms with van der Waals surface area (Å²) in [5.41, 5.74) is -1.25. The van der Waals surface area contributed by atoms with Crippen molar-refractivity contribution in [2.45, 2.75) is 24.6 Å². The number of alkyl halides is 3. The lowest BCUT2D eigenvalue weighted by Crippen LogP contribution is -2.32. The second-order valence-electron chi connectivity index (χ2n) is 3.24. The zero-order valence-corrected chi connectivity index (χ0v) is 7.01. The minimum Gasteiger partial charge on any atom is -0.382 e. The van der Waals surface area contributed by atoms with Gasteiger partial charge in [-0.1, -0.05) is 24.8 Å². The predicted molar refractivity (Wildman–Crippen MR) is 43.1 cm³/mol. The van der Waals surface area contributed by atoms with Crippen LogP contribution in [0.15, 0.2) is 24.8 Å². The molecule has 0 aromatic rings. The lowest BCUT2D eigenvalue weighted by molar-refractivity contribution is -0.166. The molecule has 0 heterocycles. The van der Waals surface area contributed by atoms with E-state index in [1.165, 1.54) is 12.2 Å². The van der Waals surface area contributed by atoms with Gasteiger partial charge in [0.25, 0.3) is 0 Å². The van der Waals surface area contributed by atoms with Gasteiger partial charge < -0.3 is 5.11 Å². The highest BCUT2D eigenvalue weighted by molar-refractivity contribution is 5.16. The average molecular weight is 192 g/mol. The van der Waals surface area contributed by atoms with Crippen LogP contribution in [0.1, 0.15) is 12.8 Å². The summed E-state index contributed by atoms with van der Waals surface area (Å²) in [6.07, 6.45) is -0.762. The molecule has 1 aliphatic rings. The van der Waals surface area contributed by atoms with Crippen LogP contribution in [0.3, 0.4) is 0 Å². The number of halogens is 3. The van der Waals surface area contributed by atoms with E-state index in [4.69, 9.17) is 0 Å². The molecule has 0 aliphatic heterocycles. The molecular weight excluding hydrogens is 181 g/mol. The minimum atomic E-state index is -4.20. The van der Waals surface area contributed by atoms with E-state index in [-0.39, 0.29) is 12.8 Å². The Morgan fingerprint density at radius 3 is 2.46 bits per heavy atom. The molecule has 74 valence electrons. The molecule has 0 aromatic heterocycles. The monoisotopic (exact) mass is 192 g/mol. The molecule has 0 saturated heterocycles. The molecule has 0 amide bonds. The molecule has 0 saturated carbocycles. The third-order valence-corrected chi connectivity index (χ3v) is 2.25.